The predicted octanol–water partition coefficient (Wildman–Crippen LogP) is 3.93. The minimum atomic E-state index is -0.370. The average molecular weight is 306 g/mol. The van der Waals surface area contributed by atoms with Gasteiger partial charge < -0.3 is 11.1 Å². The number of thiophene rings is 1. The van der Waals surface area contributed by atoms with E-state index >= 15 is 0 Å². The zero-order valence-corrected chi connectivity index (χ0v) is 12.8. The lowest BCUT2D eigenvalue weighted by molar-refractivity contribution is 0.0937. The second kappa shape index (κ2) is 5.64. The van der Waals surface area contributed by atoms with Gasteiger partial charge in [0.2, 0.25) is 0 Å². The van der Waals surface area contributed by atoms with Crippen LogP contribution in [0.1, 0.15) is 42.3 Å². The molecule has 0 bridgehead atoms. The van der Waals surface area contributed by atoms with E-state index in [4.69, 9.17) is 5.73 Å². The minimum Gasteiger partial charge on any atom is -0.397 e. The number of amides is 1. The van der Waals surface area contributed by atoms with Crippen molar-refractivity contribution >= 4 is 33.0 Å². The number of hydrogen-bond donors (Lipinski definition) is 2. The molecule has 3 rings (SSSR count). The molecule has 1 unspecified atom stereocenters. The van der Waals surface area contributed by atoms with Gasteiger partial charge >= 0.3 is 0 Å². The molecule has 1 fully saturated rings. The zero-order valence-electron chi connectivity index (χ0n) is 12.0. The van der Waals surface area contributed by atoms with Crippen LogP contribution >= 0.6 is 11.3 Å². The van der Waals surface area contributed by atoms with Gasteiger partial charge in [-0.05, 0) is 30.9 Å². The van der Waals surface area contributed by atoms with E-state index in [1.54, 1.807) is 12.1 Å². The first kappa shape index (κ1) is 14.3. The first-order valence-corrected chi connectivity index (χ1v) is 8.19. The molecule has 3 N–H and O–H groups in total. The maximum Gasteiger partial charge on any atom is 0.263 e. The quantitative estimate of drug-likeness (QED) is 0.879. The Hall–Kier alpha value is -1.62. The molecule has 0 saturated heterocycles. The lowest BCUT2D eigenvalue weighted by Gasteiger charge is -2.16. The lowest BCUT2D eigenvalue weighted by atomic mass is 10.1. The standard InChI is InChI=1S/C16H19FN2OS/c1-2-10(8-9-6-7-9)19-16(20)15-14(18)13-11(17)4-3-5-12(13)21-15/h3-5,9-10H,2,6-8,18H2,1H3,(H,19,20). The Labute approximate surface area is 127 Å². The molecule has 1 aromatic carbocycles. The highest BCUT2D eigenvalue weighted by molar-refractivity contribution is 7.21. The van der Waals surface area contributed by atoms with Gasteiger partial charge in [0.05, 0.1) is 11.1 Å². The number of nitrogens with two attached hydrogens (primary N) is 1. The third kappa shape index (κ3) is 2.88. The fourth-order valence-corrected chi connectivity index (χ4v) is 3.67. The Morgan fingerprint density at radius 1 is 1.52 bits per heavy atom. The number of carbonyl (C=O) groups is 1. The third-order valence-electron chi connectivity index (χ3n) is 4.05. The lowest BCUT2D eigenvalue weighted by Crippen LogP contribution is -2.34. The first-order valence-electron chi connectivity index (χ1n) is 7.37. The summed E-state index contributed by atoms with van der Waals surface area (Å²) in [5.41, 5.74) is 6.24. The van der Waals surface area contributed by atoms with Crippen LogP contribution in [-0.4, -0.2) is 11.9 Å². The van der Waals surface area contributed by atoms with Gasteiger partial charge in [0.15, 0.2) is 0 Å². The molecular weight excluding hydrogens is 287 g/mol. The highest BCUT2D eigenvalue weighted by Crippen LogP contribution is 2.36. The highest BCUT2D eigenvalue weighted by Gasteiger charge is 2.27. The Bertz CT molecular complexity index is 678. The zero-order chi connectivity index (χ0) is 15.0. The van der Waals surface area contributed by atoms with Crippen LogP contribution in [0.5, 0.6) is 0 Å². The number of carbonyl (C=O) groups excluding carboxylic acids is 1. The number of fused-ring (bicyclic) bond motifs is 1. The summed E-state index contributed by atoms with van der Waals surface area (Å²) in [6, 6.07) is 4.98. The van der Waals surface area contributed by atoms with Crippen molar-refractivity contribution < 1.29 is 9.18 Å². The molecule has 5 heteroatoms. The molecule has 1 aliphatic carbocycles. The van der Waals surface area contributed by atoms with Crippen molar-refractivity contribution in [3.8, 4) is 0 Å². The van der Waals surface area contributed by atoms with E-state index in [9.17, 15) is 9.18 Å². The average Bonchev–Trinajstić information content (AvgIpc) is 3.20. The molecule has 1 aliphatic rings. The SMILES string of the molecule is CCC(CC1CC1)NC(=O)c1sc2cccc(F)c2c1N. The topological polar surface area (TPSA) is 55.1 Å². The fourth-order valence-electron chi connectivity index (χ4n) is 2.63. The molecule has 112 valence electrons. The maximum atomic E-state index is 13.8. The van der Waals surface area contributed by atoms with Crippen molar-refractivity contribution in [1.82, 2.24) is 5.32 Å². The van der Waals surface area contributed by atoms with E-state index in [1.165, 1.54) is 30.2 Å². The number of anilines is 1. The smallest absolute Gasteiger partial charge is 0.263 e. The van der Waals surface area contributed by atoms with Gasteiger partial charge in [-0.2, -0.15) is 0 Å². The van der Waals surface area contributed by atoms with E-state index in [0.717, 1.165) is 18.8 Å². The van der Waals surface area contributed by atoms with Crippen molar-refractivity contribution in [2.24, 2.45) is 5.92 Å². The minimum absolute atomic E-state index is 0.180. The van der Waals surface area contributed by atoms with E-state index in [1.807, 2.05) is 0 Å². The van der Waals surface area contributed by atoms with E-state index in [0.29, 0.717) is 15.0 Å². The molecule has 3 nitrogen and oxygen atoms in total. The Kier molecular flexibility index (Phi) is 3.85. The molecule has 1 aromatic heterocycles. The van der Waals surface area contributed by atoms with Crippen LogP contribution < -0.4 is 11.1 Å². The first-order chi connectivity index (χ1) is 10.1. The summed E-state index contributed by atoms with van der Waals surface area (Å²) in [5, 5.41) is 3.41. The number of rotatable bonds is 5. The van der Waals surface area contributed by atoms with Crippen LogP contribution in [0.3, 0.4) is 0 Å². The molecular formula is C16H19FN2OS. The van der Waals surface area contributed by atoms with Crippen molar-refractivity contribution in [1.29, 1.82) is 0 Å². The number of benzene rings is 1. The Morgan fingerprint density at radius 3 is 2.90 bits per heavy atom. The number of nitrogen functional groups attached to an aromatic ring is 1. The van der Waals surface area contributed by atoms with Crippen LogP contribution in [0.4, 0.5) is 10.1 Å². The van der Waals surface area contributed by atoms with Gasteiger partial charge in [0.25, 0.3) is 5.91 Å². The molecule has 1 atom stereocenters. The number of nitrogens with one attached hydrogen (secondary N) is 1. The molecule has 1 heterocycles. The fraction of sp³-hybridized carbons (Fsp3) is 0.438. The second-order valence-corrected chi connectivity index (χ2v) is 6.77. The number of hydrogen-bond acceptors (Lipinski definition) is 3. The van der Waals surface area contributed by atoms with Gasteiger partial charge in [0.1, 0.15) is 10.7 Å². The largest absolute Gasteiger partial charge is 0.397 e. The van der Waals surface area contributed by atoms with Crippen LogP contribution in [0, 0.1) is 11.7 Å². The molecule has 0 aliphatic heterocycles. The Balaban J connectivity index is 1.83. The second-order valence-electron chi connectivity index (χ2n) is 5.72. The molecule has 2 aromatic rings. The Morgan fingerprint density at radius 2 is 2.29 bits per heavy atom. The third-order valence-corrected chi connectivity index (χ3v) is 5.22. The van der Waals surface area contributed by atoms with Crippen LogP contribution in [-0.2, 0) is 0 Å². The molecule has 21 heavy (non-hydrogen) atoms. The van der Waals surface area contributed by atoms with Crippen molar-refractivity contribution in [2.45, 2.75) is 38.6 Å². The monoisotopic (exact) mass is 306 g/mol. The van der Waals surface area contributed by atoms with E-state index < -0.39 is 0 Å². The van der Waals surface area contributed by atoms with Gasteiger partial charge in [0, 0.05) is 10.7 Å². The number of halogens is 1. The van der Waals surface area contributed by atoms with Gasteiger partial charge in [-0.25, -0.2) is 4.39 Å². The van der Waals surface area contributed by atoms with Crippen molar-refractivity contribution in [2.75, 3.05) is 5.73 Å². The van der Waals surface area contributed by atoms with Crippen LogP contribution in [0.2, 0.25) is 0 Å². The summed E-state index contributed by atoms with van der Waals surface area (Å²) in [7, 11) is 0. The van der Waals surface area contributed by atoms with E-state index in [-0.39, 0.29) is 23.5 Å². The maximum absolute atomic E-state index is 13.8. The van der Waals surface area contributed by atoms with Crippen LogP contribution in [0.25, 0.3) is 10.1 Å². The summed E-state index contributed by atoms with van der Waals surface area (Å²) in [6.45, 7) is 2.07. The summed E-state index contributed by atoms with van der Waals surface area (Å²) in [5.74, 6) is 0.207. The summed E-state index contributed by atoms with van der Waals surface area (Å²) in [6.07, 6.45) is 4.47. The molecule has 1 saturated carbocycles. The van der Waals surface area contributed by atoms with Crippen molar-refractivity contribution in [3.05, 3.63) is 28.9 Å². The molecule has 0 spiro atoms. The summed E-state index contributed by atoms with van der Waals surface area (Å²) >= 11 is 1.26. The van der Waals surface area contributed by atoms with Gasteiger partial charge in [-0.1, -0.05) is 25.8 Å². The van der Waals surface area contributed by atoms with Gasteiger partial charge in [-0.3, -0.25) is 4.79 Å². The normalized spacial score (nSPS) is 16.1. The molecule has 1 amide bonds. The summed E-state index contributed by atoms with van der Waals surface area (Å²) < 4.78 is 14.5. The summed E-state index contributed by atoms with van der Waals surface area (Å²) in [4.78, 5) is 12.8. The van der Waals surface area contributed by atoms with Crippen LogP contribution in [0.15, 0.2) is 18.2 Å². The predicted molar refractivity (Wildman–Crippen MR) is 85.1 cm³/mol. The van der Waals surface area contributed by atoms with Gasteiger partial charge in [-0.15, -0.1) is 11.3 Å². The molecule has 0 radical (unpaired) electrons. The highest BCUT2D eigenvalue weighted by atomic mass is 32.1. The van der Waals surface area contributed by atoms with E-state index in [2.05, 4.69) is 12.2 Å². The van der Waals surface area contributed by atoms with Crippen molar-refractivity contribution in [3.63, 3.8) is 0 Å².